The molecule has 34 heavy (non-hydrogen) atoms. The lowest BCUT2D eigenvalue weighted by atomic mass is 10.1. The Morgan fingerprint density at radius 2 is 1.65 bits per heavy atom. The first kappa shape index (κ1) is 23.5. The second-order valence-electron chi connectivity index (χ2n) is 7.29. The van der Waals surface area contributed by atoms with E-state index >= 15 is 0 Å². The van der Waals surface area contributed by atoms with Gasteiger partial charge in [-0.15, -0.1) is 0 Å². The quantitative estimate of drug-likeness (QED) is 0.230. The molecular formula is C26H19Cl2FN2O3. The van der Waals surface area contributed by atoms with E-state index in [9.17, 15) is 9.18 Å². The van der Waals surface area contributed by atoms with Crippen molar-refractivity contribution in [1.82, 2.24) is 5.43 Å². The molecule has 0 atom stereocenters. The van der Waals surface area contributed by atoms with Crippen LogP contribution in [0.1, 0.15) is 21.5 Å². The van der Waals surface area contributed by atoms with Gasteiger partial charge in [-0.05, 0) is 46.7 Å². The van der Waals surface area contributed by atoms with Crippen LogP contribution < -0.4 is 14.9 Å². The first-order chi connectivity index (χ1) is 16.5. The summed E-state index contributed by atoms with van der Waals surface area (Å²) in [6.45, 7) is -0.0246. The van der Waals surface area contributed by atoms with E-state index in [1.165, 1.54) is 19.4 Å². The van der Waals surface area contributed by atoms with Gasteiger partial charge in [0.2, 0.25) is 0 Å². The lowest BCUT2D eigenvalue weighted by Gasteiger charge is -2.11. The summed E-state index contributed by atoms with van der Waals surface area (Å²) in [6, 6.07) is 20.6. The minimum absolute atomic E-state index is 0.0246. The molecule has 8 heteroatoms. The van der Waals surface area contributed by atoms with E-state index in [0.717, 1.165) is 10.8 Å². The average molecular weight is 497 g/mol. The summed E-state index contributed by atoms with van der Waals surface area (Å²) in [7, 11) is 1.50. The number of carbonyl (C=O) groups is 1. The van der Waals surface area contributed by atoms with Crippen molar-refractivity contribution in [2.45, 2.75) is 6.61 Å². The molecule has 0 aliphatic rings. The summed E-state index contributed by atoms with van der Waals surface area (Å²) in [5.74, 6) is -0.138. The molecule has 0 spiro atoms. The Hall–Kier alpha value is -3.61. The molecule has 1 N–H and O–H groups in total. The number of hydrazone groups is 1. The highest BCUT2D eigenvalue weighted by molar-refractivity contribution is 6.37. The molecule has 0 unspecified atom stereocenters. The molecule has 0 fully saturated rings. The van der Waals surface area contributed by atoms with E-state index in [4.69, 9.17) is 32.7 Å². The van der Waals surface area contributed by atoms with Gasteiger partial charge in [-0.1, -0.05) is 65.7 Å². The van der Waals surface area contributed by atoms with Gasteiger partial charge in [-0.25, -0.2) is 9.82 Å². The van der Waals surface area contributed by atoms with Gasteiger partial charge < -0.3 is 9.47 Å². The molecule has 1 amide bonds. The third kappa shape index (κ3) is 5.30. The first-order valence-electron chi connectivity index (χ1n) is 10.2. The van der Waals surface area contributed by atoms with Crippen LogP contribution in [0, 0.1) is 5.82 Å². The number of nitrogens with zero attached hydrogens (tertiary/aromatic N) is 1. The summed E-state index contributed by atoms with van der Waals surface area (Å²) in [5.41, 5.74) is 3.76. The minimum atomic E-state index is -0.430. The van der Waals surface area contributed by atoms with Crippen LogP contribution in [0.5, 0.6) is 11.5 Å². The molecule has 4 aromatic rings. The molecule has 0 aromatic heterocycles. The number of amides is 1. The Bertz CT molecular complexity index is 1370. The lowest BCUT2D eigenvalue weighted by molar-refractivity contribution is 0.0952. The van der Waals surface area contributed by atoms with Gasteiger partial charge in [-0.3, -0.25) is 4.79 Å². The summed E-state index contributed by atoms with van der Waals surface area (Å²) < 4.78 is 24.8. The maximum Gasteiger partial charge on any atom is 0.275 e. The third-order valence-electron chi connectivity index (χ3n) is 5.04. The molecule has 0 aliphatic carbocycles. The number of hydrogen-bond acceptors (Lipinski definition) is 4. The normalized spacial score (nSPS) is 11.1. The summed E-state index contributed by atoms with van der Waals surface area (Å²) >= 11 is 12.6. The smallest absolute Gasteiger partial charge is 0.275 e. The van der Waals surface area contributed by atoms with E-state index < -0.39 is 5.91 Å². The Balaban J connectivity index is 1.46. The number of nitrogens with one attached hydrogen (secondary N) is 1. The Kier molecular flexibility index (Phi) is 7.30. The Labute approximate surface area is 205 Å². The largest absolute Gasteiger partial charge is 0.496 e. The van der Waals surface area contributed by atoms with E-state index in [2.05, 4.69) is 10.5 Å². The van der Waals surface area contributed by atoms with Crippen molar-refractivity contribution >= 4 is 46.1 Å². The molecule has 4 aromatic carbocycles. The van der Waals surface area contributed by atoms with Crippen LogP contribution in [-0.4, -0.2) is 19.2 Å². The molecular weight excluding hydrogens is 478 g/mol. The molecule has 0 heterocycles. The standard InChI is InChI=1S/C26H19Cl2FN2O3/c1-33-24-13-18-7-3-2-6-17(18)12-20(24)26(32)31-30-14-16-10-21(27)25(22(28)11-16)34-15-19-8-4-5-9-23(19)29/h2-14H,15H2,1H3,(H,31,32)/b30-14-. The SMILES string of the molecule is COc1cc2ccccc2cc1C(=O)N/N=C\c1cc(Cl)c(OCc2ccccc2F)c(Cl)c1. The summed E-state index contributed by atoms with van der Waals surface area (Å²) in [4.78, 5) is 12.7. The second kappa shape index (κ2) is 10.5. The number of methoxy groups -OCH3 is 1. The van der Waals surface area contributed by atoms with Crippen LogP contribution in [0.4, 0.5) is 4.39 Å². The predicted molar refractivity (Wildman–Crippen MR) is 133 cm³/mol. The van der Waals surface area contributed by atoms with Gasteiger partial charge in [-0.2, -0.15) is 5.10 Å². The molecule has 4 rings (SSSR count). The van der Waals surface area contributed by atoms with Crippen molar-refractivity contribution in [3.8, 4) is 11.5 Å². The third-order valence-corrected chi connectivity index (χ3v) is 5.60. The number of halogens is 3. The summed E-state index contributed by atoms with van der Waals surface area (Å²) in [6.07, 6.45) is 1.41. The van der Waals surface area contributed by atoms with Crippen LogP contribution in [0.2, 0.25) is 10.0 Å². The molecule has 0 aliphatic heterocycles. The molecule has 0 radical (unpaired) electrons. The fraction of sp³-hybridized carbons (Fsp3) is 0.0769. The summed E-state index contributed by atoms with van der Waals surface area (Å²) in [5, 5.41) is 6.33. The van der Waals surface area contributed by atoms with Crippen molar-refractivity contribution in [2.75, 3.05) is 7.11 Å². The molecule has 0 saturated carbocycles. The zero-order valence-electron chi connectivity index (χ0n) is 18.0. The van der Waals surface area contributed by atoms with E-state index in [-0.39, 0.29) is 28.2 Å². The van der Waals surface area contributed by atoms with Crippen molar-refractivity contribution in [2.24, 2.45) is 5.10 Å². The van der Waals surface area contributed by atoms with Gasteiger partial charge in [0.15, 0.2) is 5.75 Å². The molecule has 0 saturated heterocycles. The molecule has 0 bridgehead atoms. The zero-order valence-corrected chi connectivity index (χ0v) is 19.5. The number of rotatable bonds is 7. The maximum atomic E-state index is 13.8. The van der Waals surface area contributed by atoms with E-state index in [1.54, 1.807) is 42.5 Å². The van der Waals surface area contributed by atoms with E-state index in [0.29, 0.717) is 22.4 Å². The fourth-order valence-corrected chi connectivity index (χ4v) is 3.96. The van der Waals surface area contributed by atoms with Crippen molar-refractivity contribution in [1.29, 1.82) is 0 Å². The van der Waals surface area contributed by atoms with Gasteiger partial charge >= 0.3 is 0 Å². The number of ether oxygens (including phenoxy) is 2. The highest BCUT2D eigenvalue weighted by Crippen LogP contribution is 2.34. The van der Waals surface area contributed by atoms with Gasteiger partial charge in [0, 0.05) is 5.56 Å². The second-order valence-corrected chi connectivity index (χ2v) is 8.11. The topological polar surface area (TPSA) is 59.9 Å². The number of benzene rings is 4. The maximum absolute atomic E-state index is 13.8. The van der Waals surface area contributed by atoms with Crippen molar-refractivity contribution in [3.05, 3.63) is 105 Å². The minimum Gasteiger partial charge on any atom is -0.496 e. The monoisotopic (exact) mass is 496 g/mol. The zero-order chi connectivity index (χ0) is 24.1. The predicted octanol–water partition coefficient (Wildman–Crippen LogP) is 6.64. The number of carbonyl (C=O) groups excluding carboxylic acids is 1. The highest BCUT2D eigenvalue weighted by Gasteiger charge is 2.14. The molecule has 172 valence electrons. The van der Waals surface area contributed by atoms with E-state index in [1.807, 2.05) is 24.3 Å². The van der Waals surface area contributed by atoms with Crippen LogP contribution >= 0.6 is 23.2 Å². The van der Waals surface area contributed by atoms with Crippen molar-refractivity contribution < 1.29 is 18.7 Å². The number of hydrogen-bond donors (Lipinski definition) is 1. The lowest BCUT2D eigenvalue weighted by Crippen LogP contribution is -2.18. The van der Waals surface area contributed by atoms with Gasteiger partial charge in [0.25, 0.3) is 5.91 Å². The van der Waals surface area contributed by atoms with Crippen LogP contribution in [0.15, 0.2) is 77.9 Å². The van der Waals surface area contributed by atoms with Gasteiger partial charge in [0.1, 0.15) is 18.2 Å². The van der Waals surface area contributed by atoms with Crippen LogP contribution in [0.3, 0.4) is 0 Å². The van der Waals surface area contributed by atoms with Crippen LogP contribution in [-0.2, 0) is 6.61 Å². The fourth-order valence-electron chi connectivity index (χ4n) is 3.35. The van der Waals surface area contributed by atoms with Crippen molar-refractivity contribution in [3.63, 3.8) is 0 Å². The molecule has 5 nitrogen and oxygen atoms in total. The first-order valence-corrected chi connectivity index (χ1v) is 11.0. The Morgan fingerprint density at radius 1 is 1.00 bits per heavy atom. The number of fused-ring (bicyclic) bond motifs is 1. The van der Waals surface area contributed by atoms with Crippen LogP contribution in [0.25, 0.3) is 10.8 Å². The Morgan fingerprint density at radius 3 is 2.32 bits per heavy atom. The highest BCUT2D eigenvalue weighted by atomic mass is 35.5. The average Bonchev–Trinajstić information content (AvgIpc) is 2.83. The van der Waals surface area contributed by atoms with Gasteiger partial charge in [0.05, 0.1) is 28.9 Å².